The number of hydrogen-bond acceptors (Lipinski definition) is 0. The molecule has 104 heavy (non-hydrogen) atoms. The first-order valence-corrected chi connectivity index (χ1v) is 36.4. The van der Waals surface area contributed by atoms with Gasteiger partial charge in [-0.1, -0.05) is 307 Å². The zero-order chi connectivity index (χ0) is 69.4. The zero-order valence-electron chi connectivity index (χ0n) is 58.5. The molecule has 0 bridgehead atoms. The van der Waals surface area contributed by atoms with E-state index in [0.717, 1.165) is 0 Å². The third-order valence-electron chi connectivity index (χ3n) is 22.9. The van der Waals surface area contributed by atoms with Gasteiger partial charge in [-0.25, -0.2) is 0 Å². The van der Waals surface area contributed by atoms with Crippen molar-refractivity contribution in [2.24, 2.45) is 0 Å². The topological polar surface area (TPSA) is 9.86 Å². The Morgan fingerprint density at radius 3 is 0.798 bits per heavy atom. The molecule has 16 aromatic carbocycles. The minimum atomic E-state index is -0.173. The van der Waals surface area contributed by atoms with Crippen molar-refractivity contribution in [3.8, 4) is 89.3 Å². The van der Waals surface area contributed by atoms with Crippen LogP contribution < -0.4 is 0 Å². The van der Waals surface area contributed by atoms with E-state index in [2.05, 4.69) is 401 Å². The molecule has 0 spiro atoms. The van der Waals surface area contributed by atoms with Crippen LogP contribution in [0.25, 0.3) is 179 Å². The van der Waals surface area contributed by atoms with Crippen LogP contribution in [0.1, 0.15) is 72.2 Å². The summed E-state index contributed by atoms with van der Waals surface area (Å²) in [6.07, 6.45) is 8.88. The third-order valence-corrected chi connectivity index (χ3v) is 22.9. The molecular weight excluding hydrogens is 1250 g/mol. The first-order valence-electron chi connectivity index (χ1n) is 36.4. The second-order valence-electron chi connectivity index (χ2n) is 29.7. The monoisotopic (exact) mass is 1320 g/mol. The highest BCUT2D eigenvalue weighted by Gasteiger charge is 2.38. The van der Waals surface area contributed by atoms with Crippen molar-refractivity contribution < 1.29 is 0 Å². The van der Waals surface area contributed by atoms with Gasteiger partial charge in [0.25, 0.3) is 0 Å². The summed E-state index contributed by atoms with van der Waals surface area (Å²) in [5.74, 6) is 0. The van der Waals surface area contributed by atoms with Crippen LogP contribution in [-0.2, 0) is 10.8 Å². The van der Waals surface area contributed by atoms with Crippen molar-refractivity contribution in [1.82, 2.24) is 9.13 Å². The maximum Gasteiger partial charge on any atom is 0.0541 e. The van der Waals surface area contributed by atoms with E-state index in [1.54, 1.807) is 0 Å². The molecule has 0 fully saturated rings. The average molecular weight is 1330 g/mol. The first kappa shape index (κ1) is 61.0. The van der Waals surface area contributed by atoms with Gasteiger partial charge in [-0.15, -0.1) is 0 Å². The molecule has 0 unspecified atom stereocenters. The van der Waals surface area contributed by atoms with Crippen LogP contribution in [0.15, 0.2) is 340 Å². The van der Waals surface area contributed by atoms with Crippen LogP contribution in [0.3, 0.4) is 0 Å². The number of aromatic nitrogens is 2. The lowest BCUT2D eigenvalue weighted by atomic mass is 9.79. The molecule has 0 N–H and O–H groups in total. The van der Waals surface area contributed by atoms with Gasteiger partial charge in [0.15, 0.2) is 0 Å². The molecule has 490 valence electrons. The highest BCUT2D eigenvalue weighted by atomic mass is 15.0. The Labute approximate surface area is 606 Å². The maximum absolute atomic E-state index is 2.47. The summed E-state index contributed by atoms with van der Waals surface area (Å²) in [6.45, 7) is 9.60. The number of rotatable bonds is 11. The largest absolute Gasteiger partial charge is 0.309 e. The van der Waals surface area contributed by atoms with Gasteiger partial charge in [-0.05, 0) is 229 Å². The smallest absolute Gasteiger partial charge is 0.0541 e. The van der Waals surface area contributed by atoms with Gasteiger partial charge in [0.1, 0.15) is 0 Å². The molecule has 0 amide bonds. The van der Waals surface area contributed by atoms with Crippen LogP contribution in [0, 0.1) is 0 Å². The van der Waals surface area contributed by atoms with Crippen LogP contribution in [-0.4, -0.2) is 9.13 Å². The number of nitrogens with zero attached hydrogens (tertiary/aromatic N) is 2. The lowest BCUT2D eigenvalue weighted by Gasteiger charge is -2.24. The molecule has 2 aliphatic carbocycles. The molecule has 0 aliphatic heterocycles. The summed E-state index contributed by atoms with van der Waals surface area (Å²) < 4.78 is 4.81. The lowest BCUT2D eigenvalue weighted by molar-refractivity contribution is 0.660. The predicted molar refractivity (Wildman–Crippen MR) is 443 cm³/mol. The quantitative estimate of drug-likeness (QED) is 0.114. The van der Waals surface area contributed by atoms with E-state index in [1.165, 1.54) is 199 Å². The van der Waals surface area contributed by atoms with Gasteiger partial charge in [-0.3, -0.25) is 0 Å². The molecule has 0 saturated carbocycles. The second-order valence-corrected chi connectivity index (χ2v) is 29.7. The standard InChI is InChI=1S/C102H72N2/c1-101(2)93-61-79(73-37-29-67(30-38-73)23-21-65-25-33-71(34-26-65)77-47-55-99-91(59-77)89-17-9-11-19-97(89)103(99)83-49-41-69-13-5-7-15-75(69)57-83)43-51-85(93)87-53-45-81(63-95(87)101)82-46-54-88-86-52-44-80(62-94(86)102(3,4)96(88)64-82)74-39-31-68(32-40-74)24-22-66-27-35-72(36-28-66)78-48-56-100-92(60-78)90-18-10-12-20-98(90)104(100)84-50-42-70-14-6-8-16-76(70)58-84/h5-64H,1-4H3/b23-21+,24-22+. The van der Waals surface area contributed by atoms with Gasteiger partial charge in [0, 0.05) is 43.7 Å². The van der Waals surface area contributed by atoms with Gasteiger partial charge in [0.05, 0.1) is 22.1 Å². The Balaban J connectivity index is 0.491. The summed E-state index contributed by atoms with van der Waals surface area (Å²) in [7, 11) is 0. The van der Waals surface area contributed by atoms with E-state index in [-0.39, 0.29) is 10.8 Å². The number of hydrogen-bond donors (Lipinski definition) is 0. The van der Waals surface area contributed by atoms with Crippen molar-refractivity contribution in [3.05, 3.63) is 384 Å². The van der Waals surface area contributed by atoms with Gasteiger partial charge >= 0.3 is 0 Å². The molecule has 0 saturated heterocycles. The molecule has 2 heteroatoms. The second kappa shape index (κ2) is 23.9. The average Bonchev–Trinajstić information content (AvgIpc) is 1.61. The van der Waals surface area contributed by atoms with Crippen molar-refractivity contribution >= 4 is 89.5 Å². The first-order chi connectivity index (χ1) is 51.0. The van der Waals surface area contributed by atoms with Crippen LogP contribution >= 0.6 is 0 Å². The predicted octanol–water partition coefficient (Wildman–Crippen LogP) is 27.5. The van der Waals surface area contributed by atoms with Crippen molar-refractivity contribution in [2.75, 3.05) is 0 Å². The fourth-order valence-corrected chi connectivity index (χ4v) is 17.2. The van der Waals surface area contributed by atoms with Crippen LogP contribution in [0.5, 0.6) is 0 Å². The number of benzene rings is 16. The summed E-state index contributed by atoms with van der Waals surface area (Å²) in [5, 5.41) is 10.0. The van der Waals surface area contributed by atoms with E-state index in [4.69, 9.17) is 0 Å². The highest BCUT2D eigenvalue weighted by Crippen LogP contribution is 2.54. The molecule has 2 nitrogen and oxygen atoms in total. The van der Waals surface area contributed by atoms with Crippen molar-refractivity contribution in [3.63, 3.8) is 0 Å². The zero-order valence-corrected chi connectivity index (χ0v) is 58.5. The van der Waals surface area contributed by atoms with Crippen LogP contribution in [0.2, 0.25) is 0 Å². The van der Waals surface area contributed by atoms with Crippen LogP contribution in [0.4, 0.5) is 0 Å². The summed E-state index contributed by atoms with van der Waals surface area (Å²) in [5.41, 5.74) is 34.6. The molecule has 18 aromatic rings. The SMILES string of the molecule is CC1(C)c2cc(-c3ccc(/C=C/c4ccc(-c5ccc6c(c5)c5ccccc5n6-c5ccc6ccccc6c5)cc4)cc3)ccc2-c2ccc(-c3ccc4c(c3)C(C)(C)c3cc(-c5ccc(/C=C/c6ccc(-c7ccc8c(c7)c7ccccc7n8-c7ccc8ccccc8c7)cc6)cc5)ccc3-4)cc21. The van der Waals surface area contributed by atoms with E-state index >= 15 is 0 Å². The molecule has 0 radical (unpaired) electrons. The Hall–Kier alpha value is -12.9. The molecule has 2 aromatic heterocycles. The Morgan fingerprint density at radius 1 is 0.202 bits per heavy atom. The van der Waals surface area contributed by atoms with E-state index < -0.39 is 0 Å². The highest BCUT2D eigenvalue weighted by molar-refractivity contribution is 6.12. The molecular formula is C102H72N2. The summed E-state index contributed by atoms with van der Waals surface area (Å²) in [6, 6.07) is 127. The van der Waals surface area contributed by atoms with E-state index in [9.17, 15) is 0 Å². The summed E-state index contributed by atoms with van der Waals surface area (Å²) >= 11 is 0. The van der Waals surface area contributed by atoms with Crippen molar-refractivity contribution in [1.29, 1.82) is 0 Å². The number of fused-ring (bicyclic) bond motifs is 14. The molecule has 2 heterocycles. The van der Waals surface area contributed by atoms with E-state index in [0.29, 0.717) is 0 Å². The Kier molecular flexibility index (Phi) is 14.0. The van der Waals surface area contributed by atoms with Gasteiger partial charge in [-0.2, -0.15) is 0 Å². The number of para-hydroxylation sites is 2. The van der Waals surface area contributed by atoms with Gasteiger partial charge in [0.2, 0.25) is 0 Å². The normalized spacial score (nSPS) is 13.5. The molecule has 20 rings (SSSR count). The molecule has 2 aliphatic rings. The summed E-state index contributed by atoms with van der Waals surface area (Å²) in [4.78, 5) is 0. The lowest BCUT2D eigenvalue weighted by Crippen LogP contribution is -2.15. The molecule has 0 atom stereocenters. The Bertz CT molecular complexity index is 6200. The minimum Gasteiger partial charge on any atom is -0.309 e. The minimum absolute atomic E-state index is 0.173. The van der Waals surface area contributed by atoms with Gasteiger partial charge < -0.3 is 9.13 Å². The third kappa shape index (κ3) is 10.1. The van der Waals surface area contributed by atoms with Crippen molar-refractivity contribution in [2.45, 2.75) is 38.5 Å². The fraction of sp³-hybridized carbons (Fsp3) is 0.0588. The Morgan fingerprint density at radius 2 is 0.462 bits per heavy atom. The van der Waals surface area contributed by atoms with E-state index in [1.807, 2.05) is 0 Å². The maximum atomic E-state index is 2.47. The fourth-order valence-electron chi connectivity index (χ4n) is 17.2.